The van der Waals surface area contributed by atoms with Crippen LogP contribution in [0.3, 0.4) is 0 Å². The van der Waals surface area contributed by atoms with Crippen LogP contribution in [0, 0.1) is 5.92 Å². The predicted octanol–water partition coefficient (Wildman–Crippen LogP) is 1.84. The number of rotatable bonds is 4. The molecule has 5 heteroatoms. The summed E-state index contributed by atoms with van der Waals surface area (Å²) in [4.78, 5) is 4.34. The highest BCUT2D eigenvalue weighted by molar-refractivity contribution is 5.56. The van der Waals surface area contributed by atoms with Crippen LogP contribution in [0.15, 0.2) is 18.5 Å². The maximum absolute atomic E-state index is 5.88. The molecule has 3 heterocycles. The van der Waals surface area contributed by atoms with E-state index < -0.39 is 0 Å². The lowest BCUT2D eigenvalue weighted by molar-refractivity contribution is 0.253. The van der Waals surface area contributed by atoms with Crippen LogP contribution >= 0.6 is 0 Å². The van der Waals surface area contributed by atoms with Gasteiger partial charge < -0.3 is 10.1 Å². The van der Waals surface area contributed by atoms with Gasteiger partial charge in [-0.15, -0.1) is 0 Å². The summed E-state index contributed by atoms with van der Waals surface area (Å²) in [6.07, 6.45) is 4.79. The predicted molar refractivity (Wildman–Crippen MR) is 73.5 cm³/mol. The third-order valence-corrected chi connectivity index (χ3v) is 3.58. The number of nitrogens with zero attached hydrogens (tertiary/aromatic N) is 3. The monoisotopic (exact) mass is 260 g/mol. The second kappa shape index (κ2) is 5.17. The fourth-order valence-corrected chi connectivity index (χ4v) is 2.36. The van der Waals surface area contributed by atoms with Gasteiger partial charge in [0, 0.05) is 24.9 Å². The van der Waals surface area contributed by atoms with Gasteiger partial charge in [0.25, 0.3) is 0 Å². The molecule has 0 spiro atoms. The molecule has 0 aliphatic carbocycles. The molecular weight excluding hydrogens is 240 g/mol. The molecule has 0 amide bonds. The molecule has 19 heavy (non-hydrogen) atoms. The van der Waals surface area contributed by atoms with Crippen molar-refractivity contribution in [2.24, 2.45) is 5.92 Å². The van der Waals surface area contributed by atoms with E-state index in [1.165, 1.54) is 6.42 Å². The Kier molecular flexibility index (Phi) is 3.38. The number of hydrogen-bond donors (Lipinski definition) is 1. The number of fused-ring (bicyclic) bond motifs is 1. The van der Waals surface area contributed by atoms with Crippen molar-refractivity contribution in [2.75, 3.05) is 19.7 Å². The Morgan fingerprint density at radius 3 is 3.16 bits per heavy atom. The minimum Gasteiger partial charge on any atom is -0.476 e. The Balaban J connectivity index is 1.81. The summed E-state index contributed by atoms with van der Waals surface area (Å²) in [5.74, 6) is 1.69. The van der Waals surface area contributed by atoms with E-state index >= 15 is 0 Å². The van der Waals surface area contributed by atoms with Crippen LogP contribution in [0.4, 0.5) is 0 Å². The second-order valence-electron chi connectivity index (χ2n) is 5.46. The van der Waals surface area contributed by atoms with Gasteiger partial charge in [-0.05, 0) is 24.9 Å². The normalized spacial score (nSPS) is 19.4. The van der Waals surface area contributed by atoms with Crippen molar-refractivity contribution in [1.82, 2.24) is 19.9 Å². The quantitative estimate of drug-likeness (QED) is 0.911. The molecule has 2 aromatic rings. The molecule has 3 rings (SSSR count). The van der Waals surface area contributed by atoms with Gasteiger partial charge in [0.15, 0.2) is 0 Å². The Morgan fingerprint density at radius 2 is 2.42 bits per heavy atom. The van der Waals surface area contributed by atoms with E-state index in [2.05, 4.69) is 35.3 Å². The van der Waals surface area contributed by atoms with Crippen molar-refractivity contribution in [3.8, 4) is 5.88 Å². The van der Waals surface area contributed by atoms with Crippen molar-refractivity contribution >= 4 is 5.52 Å². The number of nitrogens with one attached hydrogen (secondary N) is 1. The lowest BCUT2D eigenvalue weighted by atomic mass is 10.1. The maximum atomic E-state index is 5.88. The van der Waals surface area contributed by atoms with Crippen LogP contribution < -0.4 is 10.1 Å². The first-order valence-electron chi connectivity index (χ1n) is 6.92. The van der Waals surface area contributed by atoms with Gasteiger partial charge in [0.05, 0.1) is 12.3 Å². The molecule has 0 bridgehead atoms. The SMILES string of the molecule is CC(C)c1cc2c(OCC3CCNC3)nccn2n1. The Morgan fingerprint density at radius 1 is 1.53 bits per heavy atom. The van der Waals surface area contributed by atoms with Crippen molar-refractivity contribution in [3.05, 3.63) is 24.2 Å². The van der Waals surface area contributed by atoms with Crippen LogP contribution in [0.25, 0.3) is 5.52 Å². The average molecular weight is 260 g/mol. The summed E-state index contributed by atoms with van der Waals surface area (Å²) in [6.45, 7) is 7.14. The van der Waals surface area contributed by atoms with Crippen LogP contribution in [0.2, 0.25) is 0 Å². The lowest BCUT2D eigenvalue weighted by Crippen LogP contribution is -2.16. The van der Waals surface area contributed by atoms with E-state index in [1.54, 1.807) is 6.20 Å². The van der Waals surface area contributed by atoms with Gasteiger partial charge in [0.2, 0.25) is 5.88 Å². The standard InChI is InChI=1S/C14H20N4O/c1-10(2)12-7-13-14(16-5-6-18(13)17-12)19-9-11-3-4-15-8-11/h5-7,10-11,15H,3-4,8-9H2,1-2H3. The molecular formula is C14H20N4O. The van der Waals surface area contributed by atoms with E-state index in [0.29, 0.717) is 17.7 Å². The first kappa shape index (κ1) is 12.4. The molecule has 1 aliphatic rings. The zero-order chi connectivity index (χ0) is 13.2. The summed E-state index contributed by atoms with van der Waals surface area (Å²) in [5.41, 5.74) is 2.03. The van der Waals surface area contributed by atoms with Gasteiger partial charge in [-0.2, -0.15) is 5.10 Å². The Bertz CT molecular complexity index is 558. The van der Waals surface area contributed by atoms with Crippen molar-refractivity contribution in [3.63, 3.8) is 0 Å². The first-order chi connectivity index (χ1) is 9.24. The summed E-state index contributed by atoms with van der Waals surface area (Å²) < 4.78 is 7.74. The van der Waals surface area contributed by atoms with Gasteiger partial charge in [-0.3, -0.25) is 0 Å². The zero-order valence-electron chi connectivity index (χ0n) is 11.5. The minimum atomic E-state index is 0.409. The van der Waals surface area contributed by atoms with E-state index in [1.807, 2.05) is 10.7 Å². The summed E-state index contributed by atoms with van der Waals surface area (Å²) in [6, 6.07) is 2.07. The molecule has 1 unspecified atom stereocenters. The van der Waals surface area contributed by atoms with Crippen LogP contribution in [-0.4, -0.2) is 34.3 Å². The maximum Gasteiger partial charge on any atom is 0.240 e. The minimum absolute atomic E-state index is 0.409. The second-order valence-corrected chi connectivity index (χ2v) is 5.46. The van der Waals surface area contributed by atoms with E-state index in [-0.39, 0.29) is 0 Å². The van der Waals surface area contributed by atoms with Gasteiger partial charge in [-0.1, -0.05) is 13.8 Å². The van der Waals surface area contributed by atoms with Crippen LogP contribution in [0.5, 0.6) is 5.88 Å². The highest BCUT2D eigenvalue weighted by atomic mass is 16.5. The number of aromatic nitrogens is 3. The summed E-state index contributed by atoms with van der Waals surface area (Å²) in [5, 5.41) is 7.88. The van der Waals surface area contributed by atoms with E-state index in [4.69, 9.17) is 4.74 Å². The molecule has 5 nitrogen and oxygen atoms in total. The highest BCUT2D eigenvalue weighted by Crippen LogP contribution is 2.22. The molecule has 102 valence electrons. The first-order valence-corrected chi connectivity index (χ1v) is 6.92. The topological polar surface area (TPSA) is 51.5 Å². The molecule has 1 saturated heterocycles. The Hall–Kier alpha value is -1.62. The third-order valence-electron chi connectivity index (χ3n) is 3.58. The number of hydrogen-bond acceptors (Lipinski definition) is 4. The lowest BCUT2D eigenvalue weighted by Gasteiger charge is -2.10. The van der Waals surface area contributed by atoms with Gasteiger partial charge in [0.1, 0.15) is 5.52 Å². The summed E-state index contributed by atoms with van der Waals surface area (Å²) in [7, 11) is 0. The molecule has 1 N–H and O–H groups in total. The zero-order valence-corrected chi connectivity index (χ0v) is 11.5. The van der Waals surface area contributed by atoms with Gasteiger partial charge >= 0.3 is 0 Å². The molecule has 1 atom stereocenters. The number of ether oxygens (including phenoxy) is 1. The molecule has 2 aromatic heterocycles. The van der Waals surface area contributed by atoms with Gasteiger partial charge in [-0.25, -0.2) is 9.50 Å². The van der Waals surface area contributed by atoms with Crippen molar-refractivity contribution in [1.29, 1.82) is 0 Å². The van der Waals surface area contributed by atoms with E-state index in [0.717, 1.165) is 30.9 Å². The molecule has 0 radical (unpaired) electrons. The van der Waals surface area contributed by atoms with E-state index in [9.17, 15) is 0 Å². The fraction of sp³-hybridized carbons (Fsp3) is 0.571. The largest absolute Gasteiger partial charge is 0.476 e. The molecule has 1 fully saturated rings. The average Bonchev–Trinajstić information content (AvgIpc) is 3.05. The third kappa shape index (κ3) is 2.56. The smallest absolute Gasteiger partial charge is 0.240 e. The van der Waals surface area contributed by atoms with Crippen LogP contribution in [-0.2, 0) is 0 Å². The molecule has 0 saturated carbocycles. The van der Waals surface area contributed by atoms with Crippen molar-refractivity contribution in [2.45, 2.75) is 26.2 Å². The summed E-state index contributed by atoms with van der Waals surface area (Å²) >= 11 is 0. The molecule has 0 aromatic carbocycles. The highest BCUT2D eigenvalue weighted by Gasteiger charge is 2.17. The molecule has 1 aliphatic heterocycles. The van der Waals surface area contributed by atoms with Crippen LogP contribution in [0.1, 0.15) is 31.9 Å². The Labute approximate surface area is 113 Å². The van der Waals surface area contributed by atoms with Crippen molar-refractivity contribution < 1.29 is 4.74 Å². The fourth-order valence-electron chi connectivity index (χ4n) is 2.36.